The Morgan fingerprint density at radius 2 is 1.83 bits per heavy atom. The molecular weight excluding hydrogens is 304 g/mol. The fourth-order valence-corrected chi connectivity index (χ4v) is 1.28. The van der Waals surface area contributed by atoms with Crippen molar-refractivity contribution >= 4 is 45.7 Å². The Balaban J connectivity index is 0. The lowest BCUT2D eigenvalue weighted by atomic mass is 10.5. The molecule has 0 amide bonds. The minimum Gasteiger partial charge on any atom is -0.330 e. The number of hydrogen-bond acceptors (Lipinski definition) is 3. The summed E-state index contributed by atoms with van der Waals surface area (Å²) in [5, 5.41) is 0. The largest absolute Gasteiger partial charge is 0.330 e. The molecule has 0 radical (unpaired) electrons. The van der Waals surface area contributed by atoms with Crippen LogP contribution in [0.3, 0.4) is 0 Å². The monoisotopic (exact) mass is 314 g/mol. The van der Waals surface area contributed by atoms with E-state index in [2.05, 4.69) is 4.98 Å². The SMILES string of the molecule is Br.Br.NCCSc1ccncc1. The zero-order valence-corrected chi connectivity index (χ0v) is 10.7. The van der Waals surface area contributed by atoms with Gasteiger partial charge in [-0.2, -0.15) is 0 Å². The highest BCUT2D eigenvalue weighted by Crippen LogP contribution is 2.14. The van der Waals surface area contributed by atoms with E-state index < -0.39 is 0 Å². The van der Waals surface area contributed by atoms with Gasteiger partial charge >= 0.3 is 0 Å². The second-order valence-electron chi connectivity index (χ2n) is 1.82. The Hall–Kier alpha value is 0.420. The Labute approximate surface area is 97.9 Å². The molecule has 0 atom stereocenters. The van der Waals surface area contributed by atoms with Crippen LogP contribution >= 0.6 is 45.7 Å². The van der Waals surface area contributed by atoms with E-state index in [4.69, 9.17) is 5.73 Å². The summed E-state index contributed by atoms with van der Waals surface area (Å²) in [5.74, 6) is 0.976. The summed E-state index contributed by atoms with van der Waals surface area (Å²) < 4.78 is 0. The number of aromatic nitrogens is 1. The lowest BCUT2D eigenvalue weighted by Crippen LogP contribution is -2.00. The topological polar surface area (TPSA) is 38.9 Å². The van der Waals surface area contributed by atoms with Gasteiger partial charge in [0, 0.05) is 29.6 Å². The minimum atomic E-state index is 0. The summed E-state index contributed by atoms with van der Waals surface area (Å²) in [6.07, 6.45) is 3.58. The number of hydrogen-bond donors (Lipinski definition) is 1. The first-order valence-electron chi connectivity index (χ1n) is 3.16. The first-order valence-corrected chi connectivity index (χ1v) is 4.15. The standard InChI is InChI=1S/C7H10N2S.2BrH/c8-3-6-10-7-1-4-9-5-2-7;;/h1-2,4-5H,3,6,8H2;2*1H. The zero-order valence-electron chi connectivity index (χ0n) is 6.47. The summed E-state index contributed by atoms with van der Waals surface area (Å²) in [7, 11) is 0. The van der Waals surface area contributed by atoms with E-state index >= 15 is 0 Å². The Bertz CT molecular complexity index is 184. The van der Waals surface area contributed by atoms with Gasteiger partial charge in [0.25, 0.3) is 0 Å². The molecule has 12 heavy (non-hydrogen) atoms. The van der Waals surface area contributed by atoms with Crippen LogP contribution in [0.15, 0.2) is 29.4 Å². The molecule has 0 aliphatic rings. The van der Waals surface area contributed by atoms with Crippen molar-refractivity contribution in [2.75, 3.05) is 12.3 Å². The van der Waals surface area contributed by atoms with Crippen molar-refractivity contribution in [1.82, 2.24) is 4.98 Å². The lowest BCUT2D eigenvalue weighted by molar-refractivity contribution is 1.15. The summed E-state index contributed by atoms with van der Waals surface area (Å²) in [5.41, 5.74) is 5.34. The van der Waals surface area contributed by atoms with Crippen molar-refractivity contribution in [3.63, 3.8) is 0 Å². The molecule has 5 heteroatoms. The van der Waals surface area contributed by atoms with Gasteiger partial charge in [-0.05, 0) is 12.1 Å². The maximum atomic E-state index is 5.34. The molecule has 1 aromatic heterocycles. The predicted octanol–water partition coefficient (Wildman–Crippen LogP) is 2.29. The van der Waals surface area contributed by atoms with Gasteiger partial charge < -0.3 is 5.73 Å². The Morgan fingerprint density at radius 1 is 1.25 bits per heavy atom. The van der Waals surface area contributed by atoms with Crippen LogP contribution in [0, 0.1) is 0 Å². The van der Waals surface area contributed by atoms with Crippen LogP contribution in [-0.2, 0) is 0 Å². The van der Waals surface area contributed by atoms with Crippen molar-refractivity contribution in [3.05, 3.63) is 24.5 Å². The van der Waals surface area contributed by atoms with E-state index in [0.29, 0.717) is 0 Å². The van der Waals surface area contributed by atoms with Gasteiger partial charge in [0.15, 0.2) is 0 Å². The van der Waals surface area contributed by atoms with Crippen LogP contribution in [0.2, 0.25) is 0 Å². The highest BCUT2D eigenvalue weighted by atomic mass is 79.9. The molecule has 0 bridgehead atoms. The Kier molecular flexibility index (Phi) is 11.8. The van der Waals surface area contributed by atoms with Crippen LogP contribution in [0.25, 0.3) is 0 Å². The van der Waals surface area contributed by atoms with E-state index in [9.17, 15) is 0 Å². The van der Waals surface area contributed by atoms with E-state index in [0.717, 1.165) is 12.3 Å². The second kappa shape index (κ2) is 9.51. The minimum absolute atomic E-state index is 0. The molecule has 2 nitrogen and oxygen atoms in total. The molecule has 70 valence electrons. The third-order valence-corrected chi connectivity index (χ3v) is 2.08. The van der Waals surface area contributed by atoms with Crippen molar-refractivity contribution in [1.29, 1.82) is 0 Å². The van der Waals surface area contributed by atoms with E-state index in [1.54, 1.807) is 24.2 Å². The fraction of sp³-hybridized carbons (Fsp3) is 0.286. The number of pyridine rings is 1. The molecule has 1 heterocycles. The van der Waals surface area contributed by atoms with Crippen molar-refractivity contribution in [2.24, 2.45) is 5.73 Å². The van der Waals surface area contributed by atoms with Crippen LogP contribution < -0.4 is 5.73 Å². The summed E-state index contributed by atoms with van der Waals surface area (Å²) in [4.78, 5) is 5.15. The lowest BCUT2D eigenvalue weighted by Gasteiger charge is -1.95. The summed E-state index contributed by atoms with van der Waals surface area (Å²) >= 11 is 1.76. The smallest absolute Gasteiger partial charge is 0.0278 e. The molecule has 2 N–H and O–H groups in total. The van der Waals surface area contributed by atoms with Gasteiger partial charge in [0.1, 0.15) is 0 Å². The van der Waals surface area contributed by atoms with Crippen molar-refractivity contribution in [3.8, 4) is 0 Å². The van der Waals surface area contributed by atoms with E-state index in [1.807, 2.05) is 12.1 Å². The first-order chi connectivity index (χ1) is 4.93. The fourth-order valence-electron chi connectivity index (χ4n) is 0.611. The van der Waals surface area contributed by atoms with Gasteiger partial charge in [0.2, 0.25) is 0 Å². The number of nitrogens with two attached hydrogens (primary N) is 1. The molecule has 1 aromatic rings. The highest BCUT2D eigenvalue weighted by Gasteiger charge is 1.88. The first kappa shape index (κ1) is 14.9. The summed E-state index contributed by atoms with van der Waals surface area (Å²) in [6.45, 7) is 0.729. The van der Waals surface area contributed by atoms with Crippen molar-refractivity contribution < 1.29 is 0 Å². The third-order valence-electron chi connectivity index (χ3n) is 1.04. The molecular formula is C7H12Br2N2S. The van der Waals surface area contributed by atoms with E-state index in [1.165, 1.54) is 4.90 Å². The van der Waals surface area contributed by atoms with Gasteiger partial charge in [-0.25, -0.2) is 0 Å². The molecule has 0 fully saturated rings. The predicted molar refractivity (Wildman–Crippen MR) is 64.7 cm³/mol. The molecule has 0 saturated carbocycles. The molecule has 0 saturated heterocycles. The highest BCUT2D eigenvalue weighted by molar-refractivity contribution is 8.93. The number of halogens is 2. The number of thioether (sulfide) groups is 1. The van der Waals surface area contributed by atoms with Crippen LogP contribution in [0.4, 0.5) is 0 Å². The maximum Gasteiger partial charge on any atom is 0.0278 e. The zero-order chi connectivity index (χ0) is 7.23. The average molecular weight is 316 g/mol. The maximum absolute atomic E-state index is 5.34. The molecule has 0 aliphatic carbocycles. The molecule has 0 aliphatic heterocycles. The van der Waals surface area contributed by atoms with Crippen LogP contribution in [0.5, 0.6) is 0 Å². The van der Waals surface area contributed by atoms with Gasteiger partial charge in [-0.15, -0.1) is 45.7 Å². The van der Waals surface area contributed by atoms with Gasteiger partial charge in [-0.1, -0.05) is 0 Å². The van der Waals surface area contributed by atoms with E-state index in [-0.39, 0.29) is 34.0 Å². The van der Waals surface area contributed by atoms with Crippen LogP contribution in [0.1, 0.15) is 0 Å². The Morgan fingerprint density at radius 3 is 2.33 bits per heavy atom. The van der Waals surface area contributed by atoms with Gasteiger partial charge in [-0.3, -0.25) is 4.98 Å². The third kappa shape index (κ3) is 5.99. The molecule has 1 rings (SSSR count). The average Bonchev–Trinajstić information content (AvgIpc) is 2.03. The van der Waals surface area contributed by atoms with Crippen molar-refractivity contribution in [2.45, 2.75) is 4.90 Å². The number of nitrogens with zero attached hydrogens (tertiary/aromatic N) is 1. The van der Waals surface area contributed by atoms with Gasteiger partial charge in [0.05, 0.1) is 0 Å². The second-order valence-corrected chi connectivity index (χ2v) is 2.99. The normalized spacial score (nSPS) is 8.08. The molecule has 0 aromatic carbocycles. The molecule has 0 unspecified atom stereocenters. The summed E-state index contributed by atoms with van der Waals surface area (Å²) in [6, 6.07) is 3.97. The quantitative estimate of drug-likeness (QED) is 0.870. The number of rotatable bonds is 3. The van der Waals surface area contributed by atoms with Crippen LogP contribution in [-0.4, -0.2) is 17.3 Å². The molecule has 0 spiro atoms.